The number of amides is 2. The van der Waals surface area contributed by atoms with Crippen molar-refractivity contribution in [2.24, 2.45) is 0 Å². The molecule has 5 heteroatoms. The third-order valence-corrected chi connectivity index (χ3v) is 5.51. The number of likely N-dealkylation sites (tertiary alicyclic amines) is 2. The topological polar surface area (TPSA) is 53.5 Å². The Morgan fingerprint density at radius 1 is 1.00 bits per heavy atom. The molecular formula is C21H23N3O2. The van der Waals surface area contributed by atoms with E-state index in [1.165, 1.54) is 0 Å². The molecule has 0 unspecified atom stereocenters. The van der Waals surface area contributed by atoms with Crippen LogP contribution in [0.1, 0.15) is 30.4 Å². The number of nitrogens with zero attached hydrogens (tertiary/aromatic N) is 3. The zero-order valence-electron chi connectivity index (χ0n) is 14.8. The first-order valence-corrected chi connectivity index (χ1v) is 9.24. The van der Waals surface area contributed by atoms with E-state index >= 15 is 0 Å². The smallest absolute Gasteiger partial charge is 0.227 e. The monoisotopic (exact) mass is 349 g/mol. The van der Waals surface area contributed by atoms with Crippen molar-refractivity contribution in [3.63, 3.8) is 0 Å². The molecule has 0 bridgehead atoms. The molecule has 0 saturated carbocycles. The molecule has 0 N–H and O–H groups in total. The van der Waals surface area contributed by atoms with Crippen LogP contribution < -0.4 is 0 Å². The Labute approximate surface area is 153 Å². The molecule has 1 aromatic heterocycles. The van der Waals surface area contributed by atoms with E-state index in [1.54, 1.807) is 12.4 Å². The van der Waals surface area contributed by atoms with Gasteiger partial charge in [-0.3, -0.25) is 14.6 Å². The van der Waals surface area contributed by atoms with Gasteiger partial charge in [0.05, 0.1) is 18.5 Å². The maximum atomic E-state index is 12.8. The number of carbonyl (C=O) groups excluding carboxylic acids is 2. The summed E-state index contributed by atoms with van der Waals surface area (Å²) in [6, 6.07) is 14.0. The van der Waals surface area contributed by atoms with E-state index in [4.69, 9.17) is 0 Å². The number of piperidine rings is 1. The Hall–Kier alpha value is -2.69. The summed E-state index contributed by atoms with van der Waals surface area (Å²) in [6.45, 7) is 1.34. The van der Waals surface area contributed by atoms with E-state index in [1.807, 2.05) is 52.3 Å². The maximum absolute atomic E-state index is 12.8. The number of hydrogen-bond acceptors (Lipinski definition) is 3. The second-order valence-corrected chi connectivity index (χ2v) is 7.09. The Morgan fingerprint density at radius 2 is 1.77 bits per heavy atom. The standard InChI is InChI=1S/C21H23N3O2/c25-20-7-6-18-19(24(20)15-17-8-11-22-12-9-17)10-13-23(18)21(26)14-16-4-2-1-3-5-16/h1-5,8-9,11-12,18-19H,6-7,10,13-15H2/t18-,19-/m0/s1. The second-order valence-electron chi connectivity index (χ2n) is 7.09. The molecule has 2 saturated heterocycles. The van der Waals surface area contributed by atoms with Crippen molar-refractivity contribution in [3.8, 4) is 0 Å². The number of rotatable bonds is 4. The van der Waals surface area contributed by atoms with E-state index in [2.05, 4.69) is 4.98 Å². The van der Waals surface area contributed by atoms with E-state index in [0.29, 0.717) is 19.4 Å². The summed E-state index contributed by atoms with van der Waals surface area (Å²) in [5, 5.41) is 0. The molecule has 26 heavy (non-hydrogen) atoms. The zero-order chi connectivity index (χ0) is 17.9. The Balaban J connectivity index is 1.47. The molecule has 5 nitrogen and oxygen atoms in total. The molecule has 134 valence electrons. The third-order valence-electron chi connectivity index (χ3n) is 5.51. The van der Waals surface area contributed by atoms with E-state index in [-0.39, 0.29) is 23.9 Å². The lowest BCUT2D eigenvalue weighted by Crippen LogP contribution is -2.53. The summed E-state index contributed by atoms with van der Waals surface area (Å²) in [6.07, 6.45) is 6.10. The van der Waals surface area contributed by atoms with Crippen LogP contribution in [0.25, 0.3) is 0 Å². The SMILES string of the molecule is O=C(Cc1ccccc1)N1CC[C@H]2[C@@H]1CCC(=O)N2Cc1ccncc1. The predicted molar refractivity (Wildman–Crippen MR) is 98.1 cm³/mol. The van der Waals surface area contributed by atoms with Crippen molar-refractivity contribution in [2.45, 2.75) is 44.3 Å². The van der Waals surface area contributed by atoms with Gasteiger partial charge in [0.2, 0.25) is 11.8 Å². The first-order chi connectivity index (χ1) is 12.7. The lowest BCUT2D eigenvalue weighted by molar-refractivity contribution is -0.142. The minimum absolute atomic E-state index is 0.129. The number of pyridine rings is 1. The van der Waals surface area contributed by atoms with Gasteiger partial charge in [-0.2, -0.15) is 0 Å². The van der Waals surface area contributed by atoms with Crippen molar-refractivity contribution in [2.75, 3.05) is 6.54 Å². The average molecular weight is 349 g/mol. The van der Waals surface area contributed by atoms with Crippen LogP contribution in [-0.4, -0.2) is 45.2 Å². The lowest BCUT2D eigenvalue weighted by atomic mass is 9.95. The third kappa shape index (κ3) is 3.34. The highest BCUT2D eigenvalue weighted by atomic mass is 16.2. The van der Waals surface area contributed by atoms with Gasteiger partial charge in [0.1, 0.15) is 0 Å². The van der Waals surface area contributed by atoms with Gasteiger partial charge in [0, 0.05) is 31.9 Å². The summed E-state index contributed by atoms with van der Waals surface area (Å²) >= 11 is 0. The fourth-order valence-electron chi connectivity index (χ4n) is 4.22. The van der Waals surface area contributed by atoms with Crippen molar-refractivity contribution < 1.29 is 9.59 Å². The van der Waals surface area contributed by atoms with E-state index < -0.39 is 0 Å². The van der Waals surface area contributed by atoms with Crippen LogP contribution in [0.3, 0.4) is 0 Å². The van der Waals surface area contributed by atoms with Crippen LogP contribution in [0.2, 0.25) is 0 Å². The highest BCUT2D eigenvalue weighted by Crippen LogP contribution is 2.32. The molecule has 0 spiro atoms. The molecule has 1 aromatic carbocycles. The van der Waals surface area contributed by atoms with Gasteiger partial charge in [-0.25, -0.2) is 0 Å². The minimum Gasteiger partial charge on any atom is -0.337 e. The Morgan fingerprint density at radius 3 is 2.54 bits per heavy atom. The van der Waals surface area contributed by atoms with Gasteiger partial charge in [-0.1, -0.05) is 30.3 Å². The first-order valence-electron chi connectivity index (χ1n) is 9.24. The van der Waals surface area contributed by atoms with E-state index in [9.17, 15) is 9.59 Å². The van der Waals surface area contributed by atoms with Gasteiger partial charge in [0.25, 0.3) is 0 Å². The first kappa shape index (κ1) is 16.8. The molecule has 0 radical (unpaired) electrons. The van der Waals surface area contributed by atoms with Crippen LogP contribution in [0, 0.1) is 0 Å². The molecule has 4 rings (SSSR count). The maximum Gasteiger partial charge on any atom is 0.227 e. The molecule has 2 aromatic rings. The highest BCUT2D eigenvalue weighted by Gasteiger charge is 2.44. The molecule has 0 aliphatic carbocycles. The summed E-state index contributed by atoms with van der Waals surface area (Å²) in [7, 11) is 0. The molecule has 2 aliphatic heterocycles. The normalized spacial score (nSPS) is 22.4. The molecule has 2 aliphatic rings. The molecular weight excluding hydrogens is 326 g/mol. The van der Waals surface area contributed by atoms with Crippen LogP contribution in [0.5, 0.6) is 0 Å². The zero-order valence-corrected chi connectivity index (χ0v) is 14.8. The highest BCUT2D eigenvalue weighted by molar-refractivity contribution is 5.81. The Kier molecular flexibility index (Phi) is 4.69. The summed E-state index contributed by atoms with van der Waals surface area (Å²) < 4.78 is 0. The average Bonchev–Trinajstić information content (AvgIpc) is 3.10. The molecule has 2 amide bonds. The predicted octanol–water partition coefficient (Wildman–Crippen LogP) is 2.42. The minimum atomic E-state index is 0.129. The quantitative estimate of drug-likeness (QED) is 0.852. The van der Waals surface area contributed by atoms with Crippen molar-refractivity contribution in [1.82, 2.24) is 14.8 Å². The number of carbonyl (C=O) groups is 2. The molecule has 2 fully saturated rings. The van der Waals surface area contributed by atoms with Crippen molar-refractivity contribution in [1.29, 1.82) is 0 Å². The number of fused-ring (bicyclic) bond motifs is 1. The van der Waals surface area contributed by atoms with E-state index in [0.717, 1.165) is 30.5 Å². The number of hydrogen-bond donors (Lipinski definition) is 0. The second kappa shape index (κ2) is 7.28. The van der Waals surface area contributed by atoms with Crippen LogP contribution in [0.15, 0.2) is 54.9 Å². The molecule has 2 atom stereocenters. The number of benzene rings is 1. The van der Waals surface area contributed by atoms with Crippen LogP contribution in [-0.2, 0) is 22.6 Å². The van der Waals surface area contributed by atoms with Gasteiger partial charge in [0.15, 0.2) is 0 Å². The van der Waals surface area contributed by atoms with Crippen molar-refractivity contribution >= 4 is 11.8 Å². The number of aromatic nitrogens is 1. The summed E-state index contributed by atoms with van der Waals surface area (Å²) in [5.41, 5.74) is 2.13. The largest absolute Gasteiger partial charge is 0.337 e. The summed E-state index contributed by atoms with van der Waals surface area (Å²) in [5.74, 6) is 0.363. The fourth-order valence-corrected chi connectivity index (χ4v) is 4.22. The van der Waals surface area contributed by atoms with Crippen LogP contribution >= 0.6 is 0 Å². The van der Waals surface area contributed by atoms with Crippen molar-refractivity contribution in [3.05, 3.63) is 66.0 Å². The van der Waals surface area contributed by atoms with Crippen LogP contribution in [0.4, 0.5) is 0 Å². The fraction of sp³-hybridized carbons (Fsp3) is 0.381. The van der Waals surface area contributed by atoms with Gasteiger partial charge < -0.3 is 9.80 Å². The molecule has 3 heterocycles. The lowest BCUT2D eigenvalue weighted by Gasteiger charge is -2.39. The van der Waals surface area contributed by atoms with Gasteiger partial charge >= 0.3 is 0 Å². The van der Waals surface area contributed by atoms with Gasteiger partial charge in [-0.15, -0.1) is 0 Å². The summed E-state index contributed by atoms with van der Waals surface area (Å²) in [4.78, 5) is 33.4. The van der Waals surface area contributed by atoms with Gasteiger partial charge in [-0.05, 0) is 36.1 Å². The Bertz CT molecular complexity index is 778.